The Morgan fingerprint density at radius 2 is 2.33 bits per heavy atom. The van der Waals surface area contributed by atoms with Crippen molar-refractivity contribution in [2.75, 3.05) is 0 Å². The average Bonchev–Trinajstić information content (AvgIpc) is 1.79. The van der Waals surface area contributed by atoms with Crippen LogP contribution in [0.2, 0.25) is 0 Å². The first kappa shape index (κ1) is 7.07. The SMILES string of the molecule is B[C@@H]1O[C@H](C)C[C@@]1(C)F. The van der Waals surface area contributed by atoms with Gasteiger partial charge in [0.1, 0.15) is 13.5 Å². The van der Waals surface area contributed by atoms with Crippen LogP contribution in [0.1, 0.15) is 20.3 Å². The third-order valence-corrected chi connectivity index (χ3v) is 1.97. The monoisotopic (exact) mass is 130 g/mol. The van der Waals surface area contributed by atoms with E-state index in [9.17, 15) is 4.39 Å². The lowest BCUT2D eigenvalue weighted by Crippen LogP contribution is -2.29. The van der Waals surface area contributed by atoms with E-state index in [1.165, 1.54) is 0 Å². The molecule has 1 heterocycles. The molecular weight excluding hydrogens is 118 g/mol. The summed E-state index contributed by atoms with van der Waals surface area (Å²) < 4.78 is 18.3. The highest BCUT2D eigenvalue weighted by Gasteiger charge is 2.40. The number of halogens is 1. The molecule has 1 aliphatic heterocycles. The van der Waals surface area contributed by atoms with Crippen LogP contribution in [-0.4, -0.2) is 25.6 Å². The lowest BCUT2D eigenvalue weighted by molar-refractivity contribution is 0.0632. The molecule has 3 atom stereocenters. The molecule has 1 nitrogen and oxygen atoms in total. The van der Waals surface area contributed by atoms with E-state index in [2.05, 4.69) is 0 Å². The van der Waals surface area contributed by atoms with Gasteiger partial charge in [0.05, 0.1) is 12.1 Å². The van der Waals surface area contributed by atoms with E-state index >= 15 is 0 Å². The summed E-state index contributed by atoms with van der Waals surface area (Å²) in [6.07, 6.45) is 0.628. The van der Waals surface area contributed by atoms with Crippen molar-refractivity contribution < 1.29 is 9.13 Å². The molecule has 0 unspecified atom stereocenters. The first-order chi connectivity index (χ1) is 4.02. The second-order valence-corrected chi connectivity index (χ2v) is 3.07. The van der Waals surface area contributed by atoms with E-state index in [-0.39, 0.29) is 12.1 Å². The minimum Gasteiger partial charge on any atom is -0.381 e. The maximum Gasteiger partial charge on any atom is 0.143 e. The predicted molar refractivity (Wildman–Crippen MR) is 37.0 cm³/mol. The summed E-state index contributed by atoms with van der Waals surface area (Å²) in [5.74, 6) is 0. The van der Waals surface area contributed by atoms with Gasteiger partial charge in [-0.15, -0.1) is 0 Å². The van der Waals surface area contributed by atoms with Crippen molar-refractivity contribution in [3.63, 3.8) is 0 Å². The Hall–Kier alpha value is -0.0451. The quantitative estimate of drug-likeness (QED) is 0.433. The zero-order valence-corrected chi connectivity index (χ0v) is 6.15. The van der Waals surface area contributed by atoms with Gasteiger partial charge in [-0.25, -0.2) is 4.39 Å². The molecule has 0 bridgehead atoms. The fraction of sp³-hybridized carbons (Fsp3) is 1.00. The van der Waals surface area contributed by atoms with Gasteiger partial charge < -0.3 is 4.74 Å². The van der Waals surface area contributed by atoms with Gasteiger partial charge in [0, 0.05) is 6.42 Å². The van der Waals surface area contributed by atoms with E-state index in [4.69, 9.17) is 4.74 Å². The second kappa shape index (κ2) is 1.98. The van der Waals surface area contributed by atoms with E-state index in [0.29, 0.717) is 6.42 Å². The van der Waals surface area contributed by atoms with Gasteiger partial charge in [-0.1, -0.05) is 0 Å². The van der Waals surface area contributed by atoms with E-state index in [0.717, 1.165) is 0 Å². The highest BCUT2D eigenvalue weighted by atomic mass is 19.1. The van der Waals surface area contributed by atoms with Crippen LogP contribution in [0.3, 0.4) is 0 Å². The molecule has 1 saturated heterocycles. The van der Waals surface area contributed by atoms with Crippen molar-refractivity contribution in [3.05, 3.63) is 0 Å². The summed E-state index contributed by atoms with van der Waals surface area (Å²) in [4.78, 5) is 0. The molecule has 3 heteroatoms. The Morgan fingerprint density at radius 3 is 2.44 bits per heavy atom. The van der Waals surface area contributed by atoms with Crippen LogP contribution >= 0.6 is 0 Å². The van der Waals surface area contributed by atoms with Crippen molar-refractivity contribution >= 4 is 7.85 Å². The predicted octanol–water partition coefficient (Wildman–Crippen LogP) is 0.483. The molecule has 0 spiro atoms. The highest BCUT2D eigenvalue weighted by Crippen LogP contribution is 2.31. The van der Waals surface area contributed by atoms with Crippen LogP contribution in [0.4, 0.5) is 4.39 Å². The van der Waals surface area contributed by atoms with Gasteiger partial charge in [0.2, 0.25) is 0 Å². The molecule has 0 aliphatic carbocycles. The minimum atomic E-state index is -1.10. The van der Waals surface area contributed by atoms with Crippen LogP contribution in [0.5, 0.6) is 0 Å². The molecule has 0 N–H and O–H groups in total. The first-order valence-electron chi connectivity index (χ1n) is 3.37. The van der Waals surface area contributed by atoms with Crippen LogP contribution in [-0.2, 0) is 4.74 Å². The Balaban J connectivity index is 2.58. The van der Waals surface area contributed by atoms with Crippen LogP contribution < -0.4 is 0 Å². The fourth-order valence-electron chi connectivity index (χ4n) is 1.27. The summed E-state index contributed by atoms with van der Waals surface area (Å²) >= 11 is 0. The van der Waals surface area contributed by atoms with E-state index in [1.807, 2.05) is 6.92 Å². The maximum absolute atomic E-state index is 13.1. The maximum atomic E-state index is 13.1. The zero-order chi connectivity index (χ0) is 7.07. The van der Waals surface area contributed by atoms with Gasteiger partial charge in [-0.05, 0) is 13.8 Å². The molecule has 0 radical (unpaired) electrons. The van der Waals surface area contributed by atoms with Crippen LogP contribution in [0, 0.1) is 0 Å². The van der Waals surface area contributed by atoms with Crippen LogP contribution in [0.15, 0.2) is 0 Å². The van der Waals surface area contributed by atoms with Crippen molar-refractivity contribution in [1.82, 2.24) is 0 Å². The first-order valence-corrected chi connectivity index (χ1v) is 3.37. The summed E-state index contributed by atoms with van der Waals surface area (Å²) in [6, 6.07) is -0.229. The van der Waals surface area contributed by atoms with E-state index < -0.39 is 5.67 Å². The average molecular weight is 130 g/mol. The molecule has 9 heavy (non-hydrogen) atoms. The normalized spacial score (nSPS) is 51.9. The number of hydrogen-bond acceptors (Lipinski definition) is 1. The number of alkyl halides is 1. The fourth-order valence-corrected chi connectivity index (χ4v) is 1.27. The zero-order valence-electron chi connectivity index (χ0n) is 6.15. The summed E-state index contributed by atoms with van der Waals surface area (Å²) in [6.45, 7) is 3.50. The molecule has 1 rings (SSSR count). The van der Waals surface area contributed by atoms with Gasteiger partial charge in [-0.2, -0.15) is 0 Å². The Kier molecular flexibility index (Phi) is 1.55. The number of ether oxygens (including phenoxy) is 1. The van der Waals surface area contributed by atoms with Crippen molar-refractivity contribution in [3.8, 4) is 0 Å². The largest absolute Gasteiger partial charge is 0.381 e. The Morgan fingerprint density at radius 1 is 1.78 bits per heavy atom. The smallest absolute Gasteiger partial charge is 0.143 e. The van der Waals surface area contributed by atoms with Crippen molar-refractivity contribution in [2.45, 2.75) is 38.0 Å². The second-order valence-electron chi connectivity index (χ2n) is 3.07. The molecule has 52 valence electrons. The molecular formula is C6H12BFO. The van der Waals surface area contributed by atoms with E-state index in [1.54, 1.807) is 14.8 Å². The van der Waals surface area contributed by atoms with Crippen molar-refractivity contribution in [1.29, 1.82) is 0 Å². The molecule has 1 fully saturated rings. The third-order valence-electron chi connectivity index (χ3n) is 1.97. The van der Waals surface area contributed by atoms with Gasteiger partial charge in [0.25, 0.3) is 0 Å². The number of hydrogen-bond donors (Lipinski definition) is 0. The Labute approximate surface area is 56.0 Å². The summed E-state index contributed by atoms with van der Waals surface area (Å²) in [5, 5.41) is 0. The van der Waals surface area contributed by atoms with Crippen molar-refractivity contribution in [2.24, 2.45) is 0 Å². The molecule has 0 aromatic carbocycles. The molecule has 0 saturated carbocycles. The Bertz CT molecular complexity index is 116. The molecule has 0 amide bonds. The molecule has 1 aliphatic rings. The summed E-state index contributed by atoms with van der Waals surface area (Å²) in [7, 11) is 1.78. The number of rotatable bonds is 0. The standard InChI is InChI=1S/C6H12BFO/c1-4-3-6(2,8)5(7)9-4/h4-5H,3,7H2,1-2H3/t4-,5-,6-/m1/s1. The van der Waals surface area contributed by atoms with Crippen LogP contribution in [0.25, 0.3) is 0 Å². The highest BCUT2D eigenvalue weighted by molar-refractivity contribution is 6.12. The van der Waals surface area contributed by atoms with Gasteiger partial charge in [-0.3, -0.25) is 0 Å². The van der Waals surface area contributed by atoms with Gasteiger partial charge >= 0.3 is 0 Å². The molecule has 0 aromatic heterocycles. The topological polar surface area (TPSA) is 9.23 Å². The summed E-state index contributed by atoms with van der Waals surface area (Å²) in [5.41, 5.74) is -1.10. The third kappa shape index (κ3) is 1.26. The lowest BCUT2D eigenvalue weighted by Gasteiger charge is -2.15. The molecule has 0 aromatic rings. The minimum absolute atomic E-state index is 0.0926. The lowest BCUT2D eigenvalue weighted by atomic mass is 9.85. The van der Waals surface area contributed by atoms with Gasteiger partial charge in [0.15, 0.2) is 0 Å².